The van der Waals surface area contributed by atoms with E-state index in [4.69, 9.17) is 9.47 Å². The van der Waals surface area contributed by atoms with Crippen molar-refractivity contribution in [2.24, 2.45) is 0 Å². The molecule has 3 rings (SSSR count). The monoisotopic (exact) mass is 409 g/mol. The Balaban J connectivity index is 1.79. The summed E-state index contributed by atoms with van der Waals surface area (Å²) in [4.78, 5) is 44.3. The predicted molar refractivity (Wildman–Crippen MR) is 110 cm³/mol. The largest absolute Gasteiger partial charge is 0.467 e. The van der Waals surface area contributed by atoms with Gasteiger partial charge in [-0.1, -0.05) is 18.2 Å². The number of nitrogens with zero attached hydrogens (tertiary/aromatic N) is 1. The lowest BCUT2D eigenvalue weighted by Gasteiger charge is -2.16. The van der Waals surface area contributed by atoms with Crippen molar-refractivity contribution in [3.63, 3.8) is 0 Å². The zero-order valence-electron chi connectivity index (χ0n) is 17.0. The molecule has 0 unspecified atom stereocenters. The van der Waals surface area contributed by atoms with E-state index in [1.165, 1.54) is 19.2 Å². The van der Waals surface area contributed by atoms with Crippen molar-refractivity contribution in [2.75, 3.05) is 13.7 Å². The summed E-state index contributed by atoms with van der Waals surface area (Å²) in [5.41, 5.74) is 2.56. The number of carbonyl (C=O) groups excluding carboxylic acids is 3. The zero-order valence-corrected chi connectivity index (χ0v) is 17.0. The van der Waals surface area contributed by atoms with Crippen LogP contribution in [0.15, 0.2) is 42.6 Å². The smallest absolute Gasteiger partial charge is 0.339 e. The molecule has 2 N–H and O–H groups in total. The molecular weight excluding hydrogens is 386 g/mol. The molecule has 3 aromatic rings. The fraction of sp³-hybridized carbons (Fsp3) is 0.273. The number of aromatic amines is 1. The first-order valence-electron chi connectivity index (χ1n) is 9.53. The summed E-state index contributed by atoms with van der Waals surface area (Å²) in [7, 11) is 1.27. The van der Waals surface area contributed by atoms with E-state index >= 15 is 0 Å². The maximum absolute atomic E-state index is 12.7. The highest BCUT2D eigenvalue weighted by atomic mass is 16.5. The lowest BCUT2D eigenvalue weighted by Crippen LogP contribution is -2.43. The van der Waals surface area contributed by atoms with Crippen molar-refractivity contribution in [2.45, 2.75) is 26.3 Å². The molecule has 0 aliphatic carbocycles. The first kappa shape index (κ1) is 21.0. The average Bonchev–Trinajstić information content (AvgIpc) is 3.15. The number of amides is 1. The molecule has 30 heavy (non-hydrogen) atoms. The Morgan fingerprint density at radius 1 is 1.17 bits per heavy atom. The molecule has 1 amide bonds. The molecule has 8 heteroatoms. The van der Waals surface area contributed by atoms with Gasteiger partial charge in [-0.25, -0.2) is 14.6 Å². The van der Waals surface area contributed by atoms with E-state index in [1.807, 2.05) is 30.5 Å². The topological polar surface area (TPSA) is 110 Å². The molecule has 0 saturated heterocycles. The van der Waals surface area contributed by atoms with Crippen LogP contribution in [0, 0.1) is 6.92 Å². The zero-order chi connectivity index (χ0) is 21.7. The number of aromatic nitrogens is 2. The molecule has 1 aromatic carbocycles. The minimum atomic E-state index is -0.895. The number of methoxy groups -OCH3 is 1. The summed E-state index contributed by atoms with van der Waals surface area (Å²) >= 11 is 0. The second-order valence-electron chi connectivity index (χ2n) is 6.66. The van der Waals surface area contributed by atoms with Crippen LogP contribution in [0.3, 0.4) is 0 Å². The number of fused-ring (bicyclic) bond motifs is 1. The van der Waals surface area contributed by atoms with E-state index < -0.39 is 23.9 Å². The third kappa shape index (κ3) is 4.48. The van der Waals surface area contributed by atoms with Crippen LogP contribution in [-0.2, 0) is 20.7 Å². The van der Waals surface area contributed by atoms with E-state index in [0.29, 0.717) is 5.69 Å². The van der Waals surface area contributed by atoms with E-state index in [0.717, 1.165) is 16.5 Å². The second kappa shape index (κ2) is 9.21. The van der Waals surface area contributed by atoms with Crippen molar-refractivity contribution in [1.29, 1.82) is 0 Å². The second-order valence-corrected chi connectivity index (χ2v) is 6.66. The Morgan fingerprint density at radius 2 is 1.93 bits per heavy atom. The molecule has 8 nitrogen and oxygen atoms in total. The minimum Gasteiger partial charge on any atom is -0.467 e. The molecule has 0 bridgehead atoms. The van der Waals surface area contributed by atoms with Gasteiger partial charge in [0.1, 0.15) is 11.7 Å². The highest BCUT2D eigenvalue weighted by Gasteiger charge is 2.25. The maximum Gasteiger partial charge on any atom is 0.339 e. The fourth-order valence-corrected chi connectivity index (χ4v) is 3.20. The average molecular weight is 409 g/mol. The highest BCUT2D eigenvalue weighted by molar-refractivity contribution is 5.97. The number of hydrogen-bond donors (Lipinski definition) is 2. The van der Waals surface area contributed by atoms with Gasteiger partial charge >= 0.3 is 11.9 Å². The lowest BCUT2D eigenvalue weighted by molar-refractivity contribution is -0.142. The highest BCUT2D eigenvalue weighted by Crippen LogP contribution is 2.19. The number of rotatable bonds is 7. The van der Waals surface area contributed by atoms with Crippen LogP contribution in [-0.4, -0.2) is 47.6 Å². The Kier molecular flexibility index (Phi) is 6.46. The van der Waals surface area contributed by atoms with Crippen LogP contribution >= 0.6 is 0 Å². The quantitative estimate of drug-likeness (QED) is 0.581. The van der Waals surface area contributed by atoms with E-state index in [1.54, 1.807) is 13.8 Å². The Bertz CT molecular complexity index is 1090. The standard InChI is InChI=1S/C22H23N3O5/c1-4-30-21(27)15-9-10-18(24-13(15)2)20(26)25-19(22(28)29-3)11-14-12-23-17-8-6-5-7-16(14)17/h5-10,12,19,23H,4,11H2,1-3H3,(H,25,26)/t19-/m1/s1. The van der Waals surface area contributed by atoms with Crippen molar-refractivity contribution in [3.8, 4) is 0 Å². The summed E-state index contributed by atoms with van der Waals surface area (Å²) in [5.74, 6) is -1.60. The van der Waals surface area contributed by atoms with Crippen molar-refractivity contribution in [1.82, 2.24) is 15.3 Å². The van der Waals surface area contributed by atoms with Crippen LogP contribution in [0.2, 0.25) is 0 Å². The van der Waals surface area contributed by atoms with Gasteiger partial charge in [-0.05, 0) is 37.6 Å². The van der Waals surface area contributed by atoms with E-state index in [2.05, 4.69) is 15.3 Å². The SMILES string of the molecule is CCOC(=O)c1ccc(C(=O)N[C@H](Cc2c[nH]c3ccccc23)C(=O)OC)nc1C. The number of aryl methyl sites for hydroxylation is 1. The molecule has 0 aliphatic rings. The summed E-state index contributed by atoms with van der Waals surface area (Å²) in [6.07, 6.45) is 2.06. The number of benzene rings is 1. The Labute approximate surface area is 173 Å². The number of hydrogen-bond acceptors (Lipinski definition) is 6. The molecule has 2 heterocycles. The van der Waals surface area contributed by atoms with Gasteiger partial charge in [0.2, 0.25) is 0 Å². The Morgan fingerprint density at radius 3 is 2.63 bits per heavy atom. The number of pyridine rings is 1. The predicted octanol–water partition coefficient (Wildman–Crippen LogP) is 2.56. The van der Waals surface area contributed by atoms with E-state index in [-0.39, 0.29) is 24.3 Å². The summed E-state index contributed by atoms with van der Waals surface area (Å²) in [6, 6.07) is 9.71. The first-order chi connectivity index (χ1) is 14.4. The number of carbonyl (C=O) groups is 3. The number of H-pyrrole nitrogens is 1. The maximum atomic E-state index is 12.7. The van der Waals surface area contributed by atoms with Crippen molar-refractivity contribution >= 4 is 28.7 Å². The summed E-state index contributed by atoms with van der Waals surface area (Å²) in [5, 5.41) is 3.65. The van der Waals surface area contributed by atoms with Crippen molar-refractivity contribution < 1.29 is 23.9 Å². The molecule has 0 aliphatic heterocycles. The third-order valence-corrected chi connectivity index (χ3v) is 4.70. The van der Waals surface area contributed by atoms with Gasteiger partial charge in [0.05, 0.1) is 25.0 Å². The van der Waals surface area contributed by atoms with Crippen LogP contribution < -0.4 is 5.32 Å². The fourth-order valence-electron chi connectivity index (χ4n) is 3.20. The molecule has 0 spiro atoms. The summed E-state index contributed by atoms with van der Waals surface area (Å²) in [6.45, 7) is 3.57. The Hall–Kier alpha value is -3.68. The molecule has 0 saturated carbocycles. The molecule has 2 aromatic heterocycles. The van der Waals surface area contributed by atoms with Gasteiger partial charge in [-0.3, -0.25) is 4.79 Å². The van der Waals surface area contributed by atoms with Crippen LogP contribution in [0.5, 0.6) is 0 Å². The molecule has 0 fully saturated rings. The molecule has 0 radical (unpaired) electrons. The number of ether oxygens (including phenoxy) is 2. The van der Waals surface area contributed by atoms with Gasteiger partial charge in [-0.2, -0.15) is 0 Å². The minimum absolute atomic E-state index is 0.0911. The van der Waals surface area contributed by atoms with Gasteiger partial charge < -0.3 is 19.8 Å². The number of para-hydroxylation sites is 1. The summed E-state index contributed by atoms with van der Waals surface area (Å²) < 4.78 is 9.84. The van der Waals surface area contributed by atoms with Gasteiger partial charge in [0.15, 0.2) is 0 Å². The molecule has 156 valence electrons. The van der Waals surface area contributed by atoms with Crippen LogP contribution in [0.25, 0.3) is 10.9 Å². The van der Waals surface area contributed by atoms with Gasteiger partial charge in [0.25, 0.3) is 5.91 Å². The first-order valence-corrected chi connectivity index (χ1v) is 9.53. The van der Waals surface area contributed by atoms with Gasteiger partial charge in [0, 0.05) is 23.5 Å². The molecular formula is C22H23N3O5. The van der Waals surface area contributed by atoms with Crippen molar-refractivity contribution in [3.05, 3.63) is 65.1 Å². The lowest BCUT2D eigenvalue weighted by atomic mass is 10.0. The van der Waals surface area contributed by atoms with E-state index in [9.17, 15) is 14.4 Å². The number of esters is 2. The normalized spacial score (nSPS) is 11.7. The molecule has 1 atom stereocenters. The van der Waals surface area contributed by atoms with Gasteiger partial charge in [-0.15, -0.1) is 0 Å². The van der Waals surface area contributed by atoms with Crippen LogP contribution in [0.1, 0.15) is 39.0 Å². The number of nitrogens with one attached hydrogen (secondary N) is 2. The third-order valence-electron chi connectivity index (χ3n) is 4.70. The van der Waals surface area contributed by atoms with Crippen LogP contribution in [0.4, 0.5) is 0 Å².